The van der Waals surface area contributed by atoms with Gasteiger partial charge in [0.1, 0.15) is 0 Å². The molecule has 2 heterocycles. The fourth-order valence-corrected chi connectivity index (χ4v) is 3.97. The van der Waals surface area contributed by atoms with Crippen LogP contribution in [0, 0.1) is 13.8 Å². The summed E-state index contributed by atoms with van der Waals surface area (Å²) in [6.07, 6.45) is 3.15. The molecule has 1 aliphatic heterocycles. The lowest BCUT2D eigenvalue weighted by atomic mass is 10.1. The molecule has 0 unspecified atom stereocenters. The van der Waals surface area contributed by atoms with Crippen molar-refractivity contribution in [3.63, 3.8) is 0 Å². The number of quaternary nitrogens is 1. The van der Waals surface area contributed by atoms with Crippen molar-refractivity contribution >= 4 is 28.4 Å². The van der Waals surface area contributed by atoms with Gasteiger partial charge in [0.05, 0.1) is 18.7 Å². The molecule has 5 heteroatoms. The van der Waals surface area contributed by atoms with Gasteiger partial charge < -0.3 is 10.3 Å². The van der Waals surface area contributed by atoms with Crippen LogP contribution in [-0.2, 0) is 16.0 Å². The van der Waals surface area contributed by atoms with Crippen LogP contribution in [0.3, 0.4) is 0 Å². The molecule has 138 valence electrons. The van der Waals surface area contributed by atoms with E-state index in [4.69, 9.17) is 0 Å². The molecule has 0 aliphatic carbocycles. The number of benzene rings is 2. The minimum atomic E-state index is -0.330. The second-order valence-electron chi connectivity index (χ2n) is 7.36. The number of carbonyl (C=O) groups is 2. The predicted molar refractivity (Wildman–Crippen MR) is 106 cm³/mol. The van der Waals surface area contributed by atoms with Gasteiger partial charge in [-0.15, -0.1) is 0 Å². The molecule has 1 atom stereocenters. The Balaban J connectivity index is 1.43. The van der Waals surface area contributed by atoms with Gasteiger partial charge >= 0.3 is 0 Å². The Bertz CT molecular complexity index is 1000. The van der Waals surface area contributed by atoms with Crippen LogP contribution in [0.1, 0.15) is 23.1 Å². The number of H-pyrrole nitrogens is 1. The molecular formula is C22H24N3O2+. The van der Waals surface area contributed by atoms with Crippen LogP contribution in [-0.4, -0.2) is 29.4 Å². The van der Waals surface area contributed by atoms with E-state index in [1.807, 2.05) is 55.7 Å². The summed E-state index contributed by atoms with van der Waals surface area (Å²) in [7, 11) is 0. The van der Waals surface area contributed by atoms with Crippen LogP contribution in [0.15, 0.2) is 48.7 Å². The van der Waals surface area contributed by atoms with Gasteiger partial charge in [-0.1, -0.05) is 24.3 Å². The summed E-state index contributed by atoms with van der Waals surface area (Å²) < 4.78 is 0. The zero-order valence-electron chi connectivity index (χ0n) is 15.7. The number of hydrogen-bond donors (Lipinski definition) is 2. The summed E-state index contributed by atoms with van der Waals surface area (Å²) in [5, 5.41) is 3.22. The number of hydrogen-bond acceptors (Lipinski definition) is 2. The van der Waals surface area contributed by atoms with Gasteiger partial charge in [0.15, 0.2) is 6.04 Å². The van der Waals surface area contributed by atoms with Crippen LogP contribution in [0.4, 0.5) is 5.69 Å². The number of nitrogens with zero attached hydrogens (tertiary/aromatic N) is 1. The third-order valence-electron chi connectivity index (χ3n) is 5.19. The van der Waals surface area contributed by atoms with Gasteiger partial charge in [-0.2, -0.15) is 0 Å². The Morgan fingerprint density at radius 3 is 2.63 bits per heavy atom. The number of amides is 2. The molecule has 3 N–H and O–H groups in total. The largest absolute Gasteiger partial charge is 0.361 e. The highest BCUT2D eigenvalue weighted by Crippen LogP contribution is 2.24. The highest BCUT2D eigenvalue weighted by molar-refractivity contribution is 6.21. The van der Waals surface area contributed by atoms with Crippen LogP contribution in [0.5, 0.6) is 0 Å². The Hall–Kier alpha value is -2.92. The zero-order valence-corrected chi connectivity index (χ0v) is 15.7. The molecule has 0 spiro atoms. The Morgan fingerprint density at radius 1 is 1.11 bits per heavy atom. The topological polar surface area (TPSA) is 69.8 Å². The SMILES string of the molecule is Cc1cc(C)cc(N2C(=O)C[C@H]([NH2+]CCc3c[nH]c4ccccc34)C2=O)c1. The minimum absolute atomic E-state index is 0.107. The Morgan fingerprint density at radius 2 is 1.85 bits per heavy atom. The number of aromatic nitrogens is 1. The molecule has 1 saturated heterocycles. The van der Waals surface area contributed by atoms with Gasteiger partial charge in [0, 0.05) is 23.5 Å². The fourth-order valence-electron chi connectivity index (χ4n) is 3.97. The number of para-hydroxylation sites is 1. The molecule has 0 bridgehead atoms. The summed E-state index contributed by atoms with van der Waals surface area (Å²) in [6, 6.07) is 13.7. The fraction of sp³-hybridized carbons (Fsp3) is 0.273. The maximum Gasteiger partial charge on any atom is 0.292 e. The number of rotatable bonds is 5. The van der Waals surface area contributed by atoms with Crippen molar-refractivity contribution in [3.8, 4) is 0 Å². The first-order valence-corrected chi connectivity index (χ1v) is 9.36. The van der Waals surface area contributed by atoms with Crippen LogP contribution in [0.2, 0.25) is 0 Å². The van der Waals surface area contributed by atoms with Gasteiger partial charge in [0.25, 0.3) is 5.91 Å². The van der Waals surface area contributed by atoms with Crippen molar-refractivity contribution in [2.75, 3.05) is 11.4 Å². The average Bonchev–Trinajstić information content (AvgIpc) is 3.15. The molecule has 27 heavy (non-hydrogen) atoms. The highest BCUT2D eigenvalue weighted by atomic mass is 16.2. The van der Waals surface area contributed by atoms with Gasteiger partial charge in [-0.3, -0.25) is 9.59 Å². The lowest BCUT2D eigenvalue weighted by molar-refractivity contribution is -0.674. The van der Waals surface area contributed by atoms with Crippen molar-refractivity contribution in [1.82, 2.24) is 4.98 Å². The van der Waals surface area contributed by atoms with Crippen molar-refractivity contribution in [2.24, 2.45) is 0 Å². The summed E-state index contributed by atoms with van der Waals surface area (Å²) in [4.78, 5) is 29.9. The van der Waals surface area contributed by atoms with Crippen molar-refractivity contribution in [3.05, 3.63) is 65.4 Å². The zero-order chi connectivity index (χ0) is 19.0. The summed E-state index contributed by atoms with van der Waals surface area (Å²) in [5.41, 5.74) is 5.16. The molecule has 0 saturated carbocycles. The Kier molecular flexibility index (Phi) is 4.54. The van der Waals surface area contributed by atoms with E-state index in [2.05, 4.69) is 17.1 Å². The molecule has 2 amide bonds. The van der Waals surface area contributed by atoms with E-state index in [0.717, 1.165) is 29.6 Å². The number of aryl methyl sites for hydroxylation is 2. The van der Waals surface area contributed by atoms with E-state index >= 15 is 0 Å². The Labute approximate surface area is 158 Å². The van der Waals surface area contributed by atoms with Gasteiger partial charge in [-0.25, -0.2) is 4.90 Å². The molecule has 0 radical (unpaired) electrons. The van der Waals surface area contributed by atoms with Crippen molar-refractivity contribution in [2.45, 2.75) is 32.7 Å². The lowest BCUT2D eigenvalue weighted by Crippen LogP contribution is -2.92. The first-order chi connectivity index (χ1) is 13.0. The number of nitrogens with two attached hydrogens (primary N) is 1. The van der Waals surface area contributed by atoms with E-state index in [9.17, 15) is 9.59 Å². The standard InChI is InChI=1S/C22H23N3O2/c1-14-9-15(2)11-17(10-14)25-21(26)12-20(22(25)27)23-8-7-16-13-24-19-6-4-3-5-18(16)19/h3-6,9-11,13,20,23-24H,7-8,12H2,1-2H3/p+1/t20-/m0/s1. The summed E-state index contributed by atoms with van der Waals surface area (Å²) >= 11 is 0. The highest BCUT2D eigenvalue weighted by Gasteiger charge is 2.42. The van der Waals surface area contributed by atoms with Crippen molar-refractivity contribution in [1.29, 1.82) is 0 Å². The first-order valence-electron chi connectivity index (χ1n) is 9.36. The molecule has 1 aromatic heterocycles. The van der Waals surface area contributed by atoms with Crippen LogP contribution >= 0.6 is 0 Å². The predicted octanol–water partition coefficient (Wildman–Crippen LogP) is 2.22. The van der Waals surface area contributed by atoms with E-state index in [1.54, 1.807) is 0 Å². The van der Waals surface area contributed by atoms with Crippen LogP contribution < -0.4 is 10.2 Å². The maximum atomic E-state index is 12.8. The molecule has 1 fully saturated rings. The average molecular weight is 362 g/mol. The molecule has 4 rings (SSSR count). The number of imide groups is 1. The quantitative estimate of drug-likeness (QED) is 0.684. The molecule has 1 aliphatic rings. The summed E-state index contributed by atoms with van der Waals surface area (Å²) in [6.45, 7) is 4.73. The first kappa shape index (κ1) is 17.5. The number of fused-ring (bicyclic) bond motifs is 1. The second-order valence-corrected chi connectivity index (χ2v) is 7.36. The van der Waals surface area contributed by atoms with E-state index in [0.29, 0.717) is 5.69 Å². The number of anilines is 1. The molecular weight excluding hydrogens is 338 g/mol. The monoisotopic (exact) mass is 362 g/mol. The van der Waals surface area contributed by atoms with Crippen LogP contribution in [0.25, 0.3) is 10.9 Å². The van der Waals surface area contributed by atoms with E-state index in [-0.39, 0.29) is 24.3 Å². The van der Waals surface area contributed by atoms with Crippen molar-refractivity contribution < 1.29 is 14.9 Å². The maximum absolute atomic E-state index is 12.8. The second kappa shape index (κ2) is 7.00. The van der Waals surface area contributed by atoms with Gasteiger partial charge in [0.2, 0.25) is 5.91 Å². The summed E-state index contributed by atoms with van der Waals surface area (Å²) in [5.74, 6) is -0.220. The third-order valence-corrected chi connectivity index (χ3v) is 5.19. The van der Waals surface area contributed by atoms with Gasteiger partial charge in [-0.05, 0) is 48.7 Å². The molecule has 3 aromatic rings. The third kappa shape index (κ3) is 3.38. The van der Waals surface area contributed by atoms with E-state index in [1.165, 1.54) is 15.8 Å². The molecule has 2 aromatic carbocycles. The number of aromatic amines is 1. The smallest absolute Gasteiger partial charge is 0.292 e. The molecule has 5 nitrogen and oxygen atoms in total. The number of carbonyl (C=O) groups excluding carboxylic acids is 2. The number of nitrogens with one attached hydrogen (secondary N) is 1. The lowest BCUT2D eigenvalue weighted by Gasteiger charge is -2.15. The van der Waals surface area contributed by atoms with E-state index < -0.39 is 0 Å². The minimum Gasteiger partial charge on any atom is -0.361 e. The normalized spacial score (nSPS) is 17.3.